The standard InChI is InChI=1S/C15H14Cl2N2O3S/c1-8(12-3-2-4-23-12)19-13(20)7-22-15(21)10-5-9(16)6-11(17)14(10)18/h2-6,8H,7,18H2,1H3,(H,19,20)/t8-/m0/s1. The van der Waals surface area contributed by atoms with E-state index in [1.165, 1.54) is 23.5 Å². The Morgan fingerprint density at radius 2 is 2.13 bits per heavy atom. The fourth-order valence-corrected chi connectivity index (χ4v) is 3.08. The van der Waals surface area contributed by atoms with Crippen molar-refractivity contribution in [1.82, 2.24) is 5.32 Å². The van der Waals surface area contributed by atoms with Gasteiger partial charge in [0.25, 0.3) is 5.91 Å². The molecule has 0 spiro atoms. The number of rotatable bonds is 5. The van der Waals surface area contributed by atoms with E-state index in [4.69, 9.17) is 33.7 Å². The van der Waals surface area contributed by atoms with Gasteiger partial charge in [0.1, 0.15) is 0 Å². The highest BCUT2D eigenvalue weighted by Crippen LogP contribution is 2.28. The Morgan fingerprint density at radius 3 is 2.78 bits per heavy atom. The Bertz CT molecular complexity index is 720. The van der Waals surface area contributed by atoms with Crippen LogP contribution in [0.2, 0.25) is 10.0 Å². The summed E-state index contributed by atoms with van der Waals surface area (Å²) in [6.45, 7) is 1.43. The van der Waals surface area contributed by atoms with Gasteiger partial charge in [-0.25, -0.2) is 4.79 Å². The first-order valence-corrected chi connectivity index (χ1v) is 8.26. The van der Waals surface area contributed by atoms with E-state index in [0.29, 0.717) is 0 Å². The Morgan fingerprint density at radius 1 is 1.39 bits per heavy atom. The van der Waals surface area contributed by atoms with E-state index in [-0.39, 0.29) is 27.3 Å². The molecule has 1 amide bonds. The number of hydrogen-bond acceptors (Lipinski definition) is 5. The number of nitrogens with one attached hydrogen (secondary N) is 1. The zero-order valence-corrected chi connectivity index (χ0v) is 14.5. The number of nitrogens with two attached hydrogens (primary N) is 1. The number of amides is 1. The van der Waals surface area contributed by atoms with Crippen molar-refractivity contribution in [1.29, 1.82) is 0 Å². The average molecular weight is 373 g/mol. The van der Waals surface area contributed by atoms with Crippen LogP contribution in [0.1, 0.15) is 28.2 Å². The topological polar surface area (TPSA) is 81.4 Å². The second-order valence-electron chi connectivity index (χ2n) is 4.73. The van der Waals surface area contributed by atoms with E-state index in [1.807, 2.05) is 24.4 Å². The predicted molar refractivity (Wildman–Crippen MR) is 92.0 cm³/mol. The van der Waals surface area contributed by atoms with Crippen LogP contribution in [0.25, 0.3) is 0 Å². The van der Waals surface area contributed by atoms with Crippen LogP contribution in [0.15, 0.2) is 29.6 Å². The first-order chi connectivity index (χ1) is 10.9. The number of carbonyl (C=O) groups is 2. The molecule has 1 aromatic heterocycles. The van der Waals surface area contributed by atoms with E-state index < -0.39 is 18.5 Å². The van der Waals surface area contributed by atoms with Gasteiger partial charge in [0.15, 0.2) is 6.61 Å². The summed E-state index contributed by atoms with van der Waals surface area (Å²) in [5, 5.41) is 5.07. The van der Waals surface area contributed by atoms with Gasteiger partial charge < -0.3 is 15.8 Å². The molecule has 0 radical (unpaired) electrons. The first-order valence-electron chi connectivity index (χ1n) is 6.63. The minimum Gasteiger partial charge on any atom is -0.452 e. The lowest BCUT2D eigenvalue weighted by Gasteiger charge is -2.13. The molecular weight excluding hydrogens is 359 g/mol. The number of thiophene rings is 1. The van der Waals surface area contributed by atoms with Crippen molar-refractivity contribution < 1.29 is 14.3 Å². The van der Waals surface area contributed by atoms with Crippen LogP contribution in [-0.4, -0.2) is 18.5 Å². The summed E-state index contributed by atoms with van der Waals surface area (Å²) in [6, 6.07) is 6.42. The fraction of sp³-hybridized carbons (Fsp3) is 0.200. The Kier molecular flexibility index (Phi) is 5.87. The van der Waals surface area contributed by atoms with E-state index in [2.05, 4.69) is 5.32 Å². The Balaban J connectivity index is 1.93. The molecule has 0 aliphatic rings. The number of esters is 1. The molecule has 0 aliphatic heterocycles. The van der Waals surface area contributed by atoms with Crippen LogP contribution in [-0.2, 0) is 9.53 Å². The van der Waals surface area contributed by atoms with Crippen molar-refractivity contribution >= 4 is 52.1 Å². The maximum Gasteiger partial charge on any atom is 0.340 e. The van der Waals surface area contributed by atoms with Crippen LogP contribution in [0.5, 0.6) is 0 Å². The van der Waals surface area contributed by atoms with Crippen molar-refractivity contribution in [2.75, 3.05) is 12.3 Å². The molecule has 1 atom stereocenters. The van der Waals surface area contributed by atoms with Crippen LogP contribution < -0.4 is 11.1 Å². The summed E-state index contributed by atoms with van der Waals surface area (Å²) < 4.78 is 4.95. The van der Waals surface area contributed by atoms with Crippen molar-refractivity contribution in [3.8, 4) is 0 Å². The van der Waals surface area contributed by atoms with Gasteiger partial charge in [-0.3, -0.25) is 4.79 Å². The highest BCUT2D eigenvalue weighted by molar-refractivity contribution is 7.10. The Labute approximate surface area is 147 Å². The summed E-state index contributed by atoms with van der Waals surface area (Å²) in [4.78, 5) is 24.8. The first kappa shape index (κ1) is 17.6. The molecule has 0 fully saturated rings. The molecule has 1 heterocycles. The minimum atomic E-state index is -0.758. The quantitative estimate of drug-likeness (QED) is 0.619. The third kappa shape index (κ3) is 4.60. The van der Waals surface area contributed by atoms with Crippen molar-refractivity contribution in [3.05, 3.63) is 50.1 Å². The summed E-state index contributed by atoms with van der Waals surface area (Å²) in [5.41, 5.74) is 5.81. The molecule has 2 aromatic rings. The second-order valence-corrected chi connectivity index (χ2v) is 6.55. The highest BCUT2D eigenvalue weighted by atomic mass is 35.5. The van der Waals surface area contributed by atoms with Gasteiger partial charge in [0.2, 0.25) is 0 Å². The van der Waals surface area contributed by atoms with E-state index in [9.17, 15) is 9.59 Å². The third-order valence-electron chi connectivity index (χ3n) is 3.00. The van der Waals surface area contributed by atoms with Gasteiger partial charge in [-0.1, -0.05) is 29.3 Å². The molecule has 1 aromatic carbocycles. The molecule has 0 aliphatic carbocycles. The molecule has 0 saturated heterocycles. The molecular formula is C15H14Cl2N2O3S. The molecule has 3 N–H and O–H groups in total. The van der Waals surface area contributed by atoms with Crippen molar-refractivity contribution in [2.45, 2.75) is 13.0 Å². The molecule has 23 heavy (non-hydrogen) atoms. The predicted octanol–water partition coefficient (Wildman–Crippen LogP) is 3.67. The van der Waals surface area contributed by atoms with Crippen molar-refractivity contribution in [3.63, 3.8) is 0 Å². The summed E-state index contributed by atoms with van der Waals surface area (Å²) in [5.74, 6) is -1.17. The smallest absolute Gasteiger partial charge is 0.340 e. The van der Waals surface area contributed by atoms with Gasteiger partial charge in [0.05, 0.1) is 22.3 Å². The number of hydrogen-bond donors (Lipinski definition) is 2. The van der Waals surface area contributed by atoms with Crippen LogP contribution >= 0.6 is 34.5 Å². The van der Waals surface area contributed by atoms with Crippen LogP contribution in [0.3, 0.4) is 0 Å². The maximum atomic E-state index is 12.0. The number of carbonyl (C=O) groups excluding carboxylic acids is 2. The lowest BCUT2D eigenvalue weighted by atomic mass is 10.2. The summed E-state index contributed by atoms with van der Waals surface area (Å²) in [6.07, 6.45) is 0. The normalized spacial score (nSPS) is 11.8. The zero-order valence-electron chi connectivity index (χ0n) is 12.1. The largest absolute Gasteiger partial charge is 0.452 e. The lowest BCUT2D eigenvalue weighted by Crippen LogP contribution is -2.30. The van der Waals surface area contributed by atoms with E-state index >= 15 is 0 Å². The van der Waals surface area contributed by atoms with E-state index in [1.54, 1.807) is 0 Å². The zero-order chi connectivity index (χ0) is 17.0. The van der Waals surface area contributed by atoms with Crippen molar-refractivity contribution in [2.24, 2.45) is 0 Å². The SMILES string of the molecule is C[C@H](NC(=O)COC(=O)c1cc(Cl)cc(Cl)c1N)c1cccs1. The number of nitrogen functional groups attached to an aromatic ring is 1. The second kappa shape index (κ2) is 7.68. The van der Waals surface area contributed by atoms with E-state index in [0.717, 1.165) is 4.88 Å². The van der Waals surface area contributed by atoms with Gasteiger partial charge >= 0.3 is 5.97 Å². The molecule has 2 rings (SSSR count). The monoisotopic (exact) mass is 372 g/mol. The number of anilines is 1. The summed E-state index contributed by atoms with van der Waals surface area (Å²) in [7, 11) is 0. The molecule has 122 valence electrons. The molecule has 0 saturated carbocycles. The van der Waals surface area contributed by atoms with Crippen LogP contribution in [0, 0.1) is 0 Å². The van der Waals surface area contributed by atoms with Gasteiger partial charge in [-0.15, -0.1) is 11.3 Å². The molecule has 0 bridgehead atoms. The average Bonchev–Trinajstić information content (AvgIpc) is 3.02. The molecule has 8 heteroatoms. The van der Waals surface area contributed by atoms with Gasteiger partial charge in [0, 0.05) is 9.90 Å². The number of ether oxygens (including phenoxy) is 1. The maximum absolute atomic E-state index is 12.0. The van der Waals surface area contributed by atoms with Gasteiger partial charge in [-0.2, -0.15) is 0 Å². The minimum absolute atomic E-state index is 0.0293. The number of halogens is 2. The third-order valence-corrected chi connectivity index (χ3v) is 4.58. The highest BCUT2D eigenvalue weighted by Gasteiger charge is 2.17. The summed E-state index contributed by atoms with van der Waals surface area (Å²) >= 11 is 13.2. The fourth-order valence-electron chi connectivity index (χ4n) is 1.85. The molecule has 0 unspecified atom stereocenters. The molecule has 5 nitrogen and oxygen atoms in total. The Hall–Kier alpha value is -1.76. The van der Waals surface area contributed by atoms with Gasteiger partial charge in [-0.05, 0) is 30.5 Å². The lowest BCUT2D eigenvalue weighted by molar-refractivity contribution is -0.124. The van der Waals surface area contributed by atoms with Crippen LogP contribution in [0.4, 0.5) is 5.69 Å². The number of benzene rings is 1.